The van der Waals surface area contributed by atoms with Crippen LogP contribution in [0.25, 0.3) is 10.9 Å². The normalized spacial score (nSPS) is 11.2. The first-order chi connectivity index (χ1) is 10.1. The largest absolute Gasteiger partial charge is 0.399 e. The van der Waals surface area contributed by atoms with Crippen molar-refractivity contribution in [2.45, 2.75) is 32.7 Å². The third kappa shape index (κ3) is 3.19. The van der Waals surface area contributed by atoms with Gasteiger partial charge in [0.05, 0.1) is 6.61 Å². The van der Waals surface area contributed by atoms with E-state index in [1.54, 1.807) is 11.0 Å². The first-order valence-corrected chi connectivity index (χ1v) is 7.40. The van der Waals surface area contributed by atoms with Crippen molar-refractivity contribution in [3.8, 4) is 0 Å². The van der Waals surface area contributed by atoms with Gasteiger partial charge in [0.1, 0.15) is 5.69 Å². The van der Waals surface area contributed by atoms with Crippen LogP contribution in [-0.2, 0) is 0 Å². The van der Waals surface area contributed by atoms with Gasteiger partial charge in [-0.15, -0.1) is 0 Å². The number of nitrogens with zero attached hydrogens (tertiary/aromatic N) is 1. The highest BCUT2D eigenvalue weighted by Gasteiger charge is 2.23. The molecule has 0 bridgehead atoms. The number of aliphatic hydroxyl groups is 1. The number of amides is 1. The number of aromatic amines is 1. The Kier molecular flexibility index (Phi) is 4.85. The predicted molar refractivity (Wildman–Crippen MR) is 85.2 cm³/mol. The first kappa shape index (κ1) is 15.4. The summed E-state index contributed by atoms with van der Waals surface area (Å²) in [5.74, 6) is -0.0764. The van der Waals surface area contributed by atoms with Crippen LogP contribution < -0.4 is 5.73 Å². The van der Waals surface area contributed by atoms with Gasteiger partial charge in [-0.05, 0) is 37.1 Å². The molecule has 1 amide bonds. The van der Waals surface area contributed by atoms with Crippen molar-refractivity contribution < 1.29 is 9.90 Å². The Hall–Kier alpha value is -2.01. The number of hydrogen-bond donors (Lipinski definition) is 3. The Balaban J connectivity index is 2.33. The van der Waals surface area contributed by atoms with Gasteiger partial charge in [-0.25, -0.2) is 0 Å². The predicted octanol–water partition coefficient (Wildman–Crippen LogP) is 2.37. The summed E-state index contributed by atoms with van der Waals surface area (Å²) in [6.45, 7) is 4.42. The van der Waals surface area contributed by atoms with E-state index in [2.05, 4.69) is 18.8 Å². The molecule has 114 valence electrons. The number of nitrogens with two attached hydrogens (primary N) is 1. The van der Waals surface area contributed by atoms with Gasteiger partial charge in [0.15, 0.2) is 0 Å². The second-order valence-electron chi connectivity index (χ2n) is 5.22. The molecule has 5 nitrogen and oxygen atoms in total. The van der Waals surface area contributed by atoms with Crippen molar-refractivity contribution in [2.24, 2.45) is 0 Å². The summed E-state index contributed by atoms with van der Waals surface area (Å²) in [5.41, 5.74) is 7.87. The van der Waals surface area contributed by atoms with Crippen LogP contribution >= 0.6 is 0 Å². The van der Waals surface area contributed by atoms with Crippen molar-refractivity contribution in [1.29, 1.82) is 0 Å². The van der Waals surface area contributed by atoms with Crippen molar-refractivity contribution in [2.75, 3.05) is 18.9 Å². The number of aromatic nitrogens is 1. The molecule has 0 atom stereocenters. The molecule has 0 aliphatic heterocycles. The van der Waals surface area contributed by atoms with E-state index >= 15 is 0 Å². The Morgan fingerprint density at radius 3 is 2.67 bits per heavy atom. The Bertz CT molecular complexity index is 617. The van der Waals surface area contributed by atoms with Gasteiger partial charge in [0, 0.05) is 29.2 Å². The molecule has 2 aromatic rings. The van der Waals surface area contributed by atoms with Crippen LogP contribution in [0.5, 0.6) is 0 Å². The van der Waals surface area contributed by atoms with Gasteiger partial charge in [-0.3, -0.25) is 4.79 Å². The minimum Gasteiger partial charge on any atom is -0.399 e. The summed E-state index contributed by atoms with van der Waals surface area (Å²) in [7, 11) is 0. The zero-order valence-corrected chi connectivity index (χ0v) is 12.6. The molecule has 0 fully saturated rings. The van der Waals surface area contributed by atoms with Crippen LogP contribution in [0, 0.1) is 0 Å². The minimum absolute atomic E-state index is 0.0323. The van der Waals surface area contributed by atoms with Gasteiger partial charge in [0.25, 0.3) is 5.91 Å². The second kappa shape index (κ2) is 6.63. The molecule has 0 saturated carbocycles. The molecule has 0 radical (unpaired) electrons. The Morgan fingerprint density at radius 2 is 2.05 bits per heavy atom. The van der Waals surface area contributed by atoms with Crippen LogP contribution in [0.3, 0.4) is 0 Å². The fourth-order valence-corrected chi connectivity index (χ4v) is 2.71. The van der Waals surface area contributed by atoms with Gasteiger partial charge in [0.2, 0.25) is 0 Å². The molecule has 0 spiro atoms. The van der Waals surface area contributed by atoms with Crippen LogP contribution in [0.1, 0.15) is 37.2 Å². The van der Waals surface area contributed by atoms with Gasteiger partial charge >= 0.3 is 0 Å². The minimum atomic E-state index is -0.0764. The highest BCUT2D eigenvalue weighted by Crippen LogP contribution is 2.20. The maximum absolute atomic E-state index is 12.7. The van der Waals surface area contributed by atoms with Crippen LogP contribution in [0.4, 0.5) is 5.69 Å². The zero-order valence-electron chi connectivity index (χ0n) is 12.6. The number of anilines is 1. The maximum atomic E-state index is 12.7. The smallest absolute Gasteiger partial charge is 0.270 e. The molecule has 0 saturated heterocycles. The van der Waals surface area contributed by atoms with Gasteiger partial charge in [-0.1, -0.05) is 13.8 Å². The second-order valence-corrected chi connectivity index (χ2v) is 5.22. The maximum Gasteiger partial charge on any atom is 0.270 e. The third-order valence-corrected chi connectivity index (χ3v) is 3.86. The molecule has 4 N–H and O–H groups in total. The number of rotatable bonds is 6. The van der Waals surface area contributed by atoms with E-state index < -0.39 is 0 Å². The number of aliphatic hydroxyl groups excluding tert-OH is 1. The third-order valence-electron chi connectivity index (χ3n) is 3.86. The number of fused-ring (bicyclic) bond motifs is 1. The van der Waals surface area contributed by atoms with E-state index in [1.807, 2.05) is 18.2 Å². The molecule has 0 aliphatic carbocycles. The molecular formula is C16H23N3O2. The number of carbonyl (C=O) groups excluding carboxylic acids is 1. The average Bonchev–Trinajstić information content (AvgIpc) is 2.89. The number of nitrogen functional groups attached to an aromatic ring is 1. The summed E-state index contributed by atoms with van der Waals surface area (Å²) in [6.07, 6.45) is 1.74. The highest BCUT2D eigenvalue weighted by atomic mass is 16.3. The molecule has 1 aromatic heterocycles. The SMILES string of the molecule is CCC(CC)N(CCO)C(=O)c1cc2cc(N)ccc2[nH]1. The van der Waals surface area contributed by atoms with Crippen LogP contribution in [0.15, 0.2) is 24.3 Å². The molecule has 1 heterocycles. The lowest BCUT2D eigenvalue weighted by Crippen LogP contribution is -2.41. The van der Waals surface area contributed by atoms with Crippen molar-refractivity contribution in [3.05, 3.63) is 30.0 Å². The highest BCUT2D eigenvalue weighted by molar-refractivity contribution is 5.98. The first-order valence-electron chi connectivity index (χ1n) is 7.40. The molecular weight excluding hydrogens is 266 g/mol. The lowest BCUT2D eigenvalue weighted by molar-refractivity contribution is 0.0617. The lowest BCUT2D eigenvalue weighted by atomic mass is 10.1. The van der Waals surface area contributed by atoms with E-state index in [0.717, 1.165) is 23.7 Å². The van der Waals surface area contributed by atoms with Gasteiger partial charge < -0.3 is 20.7 Å². The van der Waals surface area contributed by atoms with E-state index in [1.165, 1.54) is 0 Å². The zero-order chi connectivity index (χ0) is 15.4. The van der Waals surface area contributed by atoms with E-state index in [-0.39, 0.29) is 18.6 Å². The van der Waals surface area contributed by atoms with E-state index in [9.17, 15) is 9.90 Å². The topological polar surface area (TPSA) is 82.3 Å². The Morgan fingerprint density at radius 1 is 1.33 bits per heavy atom. The molecule has 1 aromatic carbocycles. The number of nitrogens with one attached hydrogen (secondary N) is 1. The van der Waals surface area contributed by atoms with E-state index in [4.69, 9.17) is 5.73 Å². The summed E-state index contributed by atoms with van der Waals surface area (Å²) in [5, 5.41) is 10.2. The number of benzene rings is 1. The monoisotopic (exact) mass is 289 g/mol. The number of hydrogen-bond acceptors (Lipinski definition) is 3. The molecule has 21 heavy (non-hydrogen) atoms. The van der Waals surface area contributed by atoms with Crippen LogP contribution in [-0.4, -0.2) is 40.1 Å². The van der Waals surface area contributed by atoms with Crippen molar-refractivity contribution >= 4 is 22.5 Å². The fraction of sp³-hybridized carbons (Fsp3) is 0.438. The molecule has 0 unspecified atom stereocenters. The average molecular weight is 289 g/mol. The molecule has 0 aliphatic rings. The summed E-state index contributed by atoms with van der Waals surface area (Å²) in [6, 6.07) is 7.48. The molecule has 2 rings (SSSR count). The summed E-state index contributed by atoms with van der Waals surface area (Å²) >= 11 is 0. The number of H-pyrrole nitrogens is 1. The van der Waals surface area contributed by atoms with Crippen molar-refractivity contribution in [1.82, 2.24) is 9.88 Å². The fourth-order valence-electron chi connectivity index (χ4n) is 2.71. The number of carbonyl (C=O) groups is 1. The summed E-state index contributed by atoms with van der Waals surface area (Å²) in [4.78, 5) is 17.6. The van der Waals surface area contributed by atoms with E-state index in [0.29, 0.717) is 17.9 Å². The molecule has 5 heteroatoms. The summed E-state index contributed by atoms with van der Waals surface area (Å²) < 4.78 is 0. The standard InChI is InChI=1S/C16H23N3O2/c1-3-13(4-2)19(7-8-20)16(21)15-10-11-9-12(17)5-6-14(11)18-15/h5-6,9-10,13,18,20H,3-4,7-8,17H2,1-2H3. The van der Waals surface area contributed by atoms with Gasteiger partial charge in [-0.2, -0.15) is 0 Å². The lowest BCUT2D eigenvalue weighted by Gasteiger charge is -2.29. The quantitative estimate of drug-likeness (QED) is 0.714. The van der Waals surface area contributed by atoms with Crippen molar-refractivity contribution in [3.63, 3.8) is 0 Å². The Labute approximate surface area is 124 Å². The van der Waals surface area contributed by atoms with Crippen LogP contribution in [0.2, 0.25) is 0 Å².